The van der Waals surface area contributed by atoms with Gasteiger partial charge in [-0.2, -0.15) is 0 Å². The van der Waals surface area contributed by atoms with Gasteiger partial charge in [0.25, 0.3) is 0 Å². The molecule has 0 bridgehead atoms. The minimum atomic E-state index is -1.60. The van der Waals surface area contributed by atoms with Gasteiger partial charge in [-0.1, -0.05) is 30.1 Å². The number of terminal acetylenes is 2. The van der Waals surface area contributed by atoms with Crippen molar-refractivity contribution in [3.63, 3.8) is 0 Å². The SMILES string of the molecule is C#CCOC(=O)C1C=CC=CC1(OC)C(=O)OCC#C. The maximum atomic E-state index is 12.1. The van der Waals surface area contributed by atoms with Gasteiger partial charge in [0.2, 0.25) is 0 Å². The summed E-state index contributed by atoms with van der Waals surface area (Å²) in [6.45, 7) is -0.403. The number of hydrogen-bond acceptors (Lipinski definition) is 5. The Labute approximate surface area is 117 Å². The fourth-order valence-electron chi connectivity index (χ4n) is 1.77. The van der Waals surface area contributed by atoms with Crippen LogP contribution in [0.15, 0.2) is 24.3 Å². The van der Waals surface area contributed by atoms with Gasteiger partial charge in [0, 0.05) is 7.11 Å². The Morgan fingerprint density at radius 1 is 1.20 bits per heavy atom. The van der Waals surface area contributed by atoms with E-state index in [1.54, 1.807) is 12.2 Å². The van der Waals surface area contributed by atoms with Gasteiger partial charge in [0.05, 0.1) is 0 Å². The molecule has 20 heavy (non-hydrogen) atoms. The summed E-state index contributed by atoms with van der Waals surface area (Å²) < 4.78 is 14.9. The molecule has 2 atom stereocenters. The van der Waals surface area contributed by atoms with Crippen molar-refractivity contribution in [2.75, 3.05) is 20.3 Å². The summed E-state index contributed by atoms with van der Waals surface area (Å²) >= 11 is 0. The molecule has 1 aliphatic rings. The van der Waals surface area contributed by atoms with Crippen LogP contribution in [0.1, 0.15) is 0 Å². The highest BCUT2D eigenvalue weighted by Crippen LogP contribution is 2.30. The summed E-state index contributed by atoms with van der Waals surface area (Å²) in [5, 5.41) is 0. The van der Waals surface area contributed by atoms with E-state index in [-0.39, 0.29) is 13.2 Å². The van der Waals surface area contributed by atoms with Crippen LogP contribution in [0.2, 0.25) is 0 Å². The van der Waals surface area contributed by atoms with Gasteiger partial charge >= 0.3 is 11.9 Å². The van der Waals surface area contributed by atoms with Crippen LogP contribution in [-0.4, -0.2) is 37.9 Å². The monoisotopic (exact) mass is 274 g/mol. The van der Waals surface area contributed by atoms with Crippen LogP contribution < -0.4 is 0 Å². The highest BCUT2D eigenvalue weighted by Gasteiger charge is 2.49. The topological polar surface area (TPSA) is 61.8 Å². The summed E-state index contributed by atoms with van der Waals surface area (Å²) in [7, 11) is 1.29. The summed E-state index contributed by atoms with van der Waals surface area (Å²) in [5.74, 6) is 1.92. The number of ether oxygens (including phenoxy) is 3. The van der Waals surface area contributed by atoms with Crippen LogP contribution in [0.3, 0.4) is 0 Å². The van der Waals surface area contributed by atoms with Crippen molar-refractivity contribution in [2.45, 2.75) is 5.60 Å². The van der Waals surface area contributed by atoms with E-state index < -0.39 is 23.5 Å². The smallest absolute Gasteiger partial charge is 0.344 e. The summed E-state index contributed by atoms with van der Waals surface area (Å²) in [4.78, 5) is 24.1. The van der Waals surface area contributed by atoms with Crippen LogP contribution in [0.4, 0.5) is 0 Å². The molecule has 5 nitrogen and oxygen atoms in total. The molecule has 0 saturated carbocycles. The molecule has 0 fully saturated rings. The average molecular weight is 274 g/mol. The fourth-order valence-corrected chi connectivity index (χ4v) is 1.77. The molecule has 0 radical (unpaired) electrons. The number of carbonyl (C=O) groups excluding carboxylic acids is 2. The van der Waals surface area contributed by atoms with E-state index in [9.17, 15) is 9.59 Å². The molecule has 0 aromatic heterocycles. The van der Waals surface area contributed by atoms with E-state index in [1.807, 2.05) is 0 Å². The van der Waals surface area contributed by atoms with Gasteiger partial charge in [0.1, 0.15) is 5.92 Å². The van der Waals surface area contributed by atoms with E-state index >= 15 is 0 Å². The molecule has 0 amide bonds. The second-order valence-electron chi connectivity index (χ2n) is 3.81. The molecule has 1 rings (SSSR count). The van der Waals surface area contributed by atoms with Gasteiger partial charge < -0.3 is 14.2 Å². The Morgan fingerprint density at radius 3 is 2.45 bits per heavy atom. The third-order valence-electron chi connectivity index (χ3n) is 2.72. The van der Waals surface area contributed by atoms with E-state index in [0.717, 1.165) is 0 Å². The molecule has 0 heterocycles. The van der Waals surface area contributed by atoms with Crippen molar-refractivity contribution in [3.05, 3.63) is 24.3 Å². The van der Waals surface area contributed by atoms with Gasteiger partial charge in [-0.15, -0.1) is 12.8 Å². The van der Waals surface area contributed by atoms with Gasteiger partial charge in [-0.05, 0) is 6.08 Å². The molecule has 0 spiro atoms. The predicted molar refractivity (Wildman–Crippen MR) is 71.1 cm³/mol. The van der Waals surface area contributed by atoms with E-state index in [1.165, 1.54) is 19.3 Å². The minimum absolute atomic E-state index is 0.188. The lowest BCUT2D eigenvalue weighted by Crippen LogP contribution is -2.50. The van der Waals surface area contributed by atoms with Crippen molar-refractivity contribution >= 4 is 11.9 Å². The molecule has 104 valence electrons. The molecule has 0 N–H and O–H groups in total. The third kappa shape index (κ3) is 3.09. The number of rotatable bonds is 5. The maximum absolute atomic E-state index is 12.1. The normalized spacial score (nSPS) is 23.4. The highest BCUT2D eigenvalue weighted by molar-refractivity contribution is 5.91. The lowest BCUT2D eigenvalue weighted by molar-refractivity contribution is -0.174. The Morgan fingerprint density at radius 2 is 1.85 bits per heavy atom. The number of methoxy groups -OCH3 is 1. The zero-order valence-corrected chi connectivity index (χ0v) is 11.0. The molecule has 5 heteroatoms. The zero-order valence-electron chi connectivity index (χ0n) is 11.0. The molecular formula is C15H14O5. The number of allylic oxidation sites excluding steroid dienone is 2. The van der Waals surface area contributed by atoms with Crippen LogP contribution in [0, 0.1) is 30.6 Å². The molecule has 1 aliphatic carbocycles. The van der Waals surface area contributed by atoms with Crippen molar-refractivity contribution < 1.29 is 23.8 Å². The maximum Gasteiger partial charge on any atom is 0.344 e. The Bertz CT molecular complexity index is 517. The van der Waals surface area contributed by atoms with Crippen molar-refractivity contribution in [1.29, 1.82) is 0 Å². The first-order valence-corrected chi connectivity index (χ1v) is 5.74. The van der Waals surface area contributed by atoms with Gasteiger partial charge in [0.15, 0.2) is 18.8 Å². The van der Waals surface area contributed by atoms with Crippen molar-refractivity contribution in [1.82, 2.24) is 0 Å². The fraction of sp³-hybridized carbons (Fsp3) is 0.333. The Hall–Kier alpha value is -2.50. The molecule has 0 aliphatic heterocycles. The zero-order chi connectivity index (χ0) is 15.0. The van der Waals surface area contributed by atoms with E-state index in [0.29, 0.717) is 0 Å². The van der Waals surface area contributed by atoms with E-state index in [4.69, 9.17) is 27.1 Å². The van der Waals surface area contributed by atoms with Crippen molar-refractivity contribution in [2.24, 2.45) is 5.92 Å². The average Bonchev–Trinajstić information content (AvgIpc) is 2.49. The molecule has 2 unspecified atom stereocenters. The molecule has 0 aromatic rings. The standard InChI is InChI=1S/C15H14O5/c1-4-10-19-13(16)12-8-6-7-9-15(12,18-3)14(17)20-11-5-2/h1-2,6-9,12H,10-11H2,3H3. The highest BCUT2D eigenvalue weighted by atomic mass is 16.6. The predicted octanol–water partition coefficient (Wildman–Crippen LogP) is 0.467. The summed E-state index contributed by atoms with van der Waals surface area (Å²) in [6, 6.07) is 0. The van der Waals surface area contributed by atoms with Crippen LogP contribution >= 0.6 is 0 Å². The summed E-state index contributed by atoms with van der Waals surface area (Å²) in [5.41, 5.74) is -1.60. The lowest BCUT2D eigenvalue weighted by atomic mass is 9.83. The number of hydrogen-bond donors (Lipinski definition) is 0. The van der Waals surface area contributed by atoms with Crippen LogP contribution in [-0.2, 0) is 23.8 Å². The summed E-state index contributed by atoms with van der Waals surface area (Å²) in [6.07, 6.45) is 16.2. The number of esters is 2. The third-order valence-corrected chi connectivity index (χ3v) is 2.72. The first kappa shape index (κ1) is 15.6. The Balaban J connectivity index is 3.01. The van der Waals surface area contributed by atoms with Crippen molar-refractivity contribution in [3.8, 4) is 24.7 Å². The second kappa shape index (κ2) is 7.18. The quantitative estimate of drug-likeness (QED) is 0.538. The minimum Gasteiger partial charge on any atom is -0.452 e. The molecule has 0 saturated heterocycles. The largest absolute Gasteiger partial charge is 0.452 e. The van der Waals surface area contributed by atoms with Gasteiger partial charge in [-0.25, -0.2) is 4.79 Å². The molecular weight excluding hydrogens is 260 g/mol. The first-order valence-electron chi connectivity index (χ1n) is 5.74. The number of carbonyl (C=O) groups is 2. The first-order chi connectivity index (χ1) is 9.62. The Kier molecular flexibility index (Phi) is 5.58. The van der Waals surface area contributed by atoms with Crippen LogP contribution in [0.25, 0.3) is 0 Å². The van der Waals surface area contributed by atoms with E-state index in [2.05, 4.69) is 11.8 Å². The lowest BCUT2D eigenvalue weighted by Gasteiger charge is -2.32. The second-order valence-corrected chi connectivity index (χ2v) is 3.81. The molecule has 0 aromatic carbocycles. The van der Waals surface area contributed by atoms with Gasteiger partial charge in [-0.3, -0.25) is 4.79 Å². The van der Waals surface area contributed by atoms with Crippen LogP contribution in [0.5, 0.6) is 0 Å².